The van der Waals surface area contributed by atoms with Crippen molar-refractivity contribution in [3.8, 4) is 29.4 Å². The Bertz CT molecular complexity index is 652. The Kier molecular flexibility index (Phi) is 3.13. The average molecular weight is 236 g/mol. The minimum absolute atomic E-state index is 0.00255. The lowest BCUT2D eigenvalue weighted by atomic mass is 10.1. The second-order valence-corrected chi connectivity index (χ2v) is 3.48. The van der Waals surface area contributed by atoms with Gasteiger partial charge >= 0.3 is 0 Å². The number of aromatic hydroxyl groups is 1. The summed E-state index contributed by atoms with van der Waals surface area (Å²) in [6, 6.07) is 15.2. The minimum atomic E-state index is -0.172. The van der Waals surface area contributed by atoms with Crippen LogP contribution in [0.25, 0.3) is 0 Å². The Morgan fingerprint density at radius 3 is 2.28 bits per heavy atom. The number of hydrogen-bond donors (Lipinski definition) is 1. The Hall–Kier alpha value is -2.98. The van der Waals surface area contributed by atoms with Crippen molar-refractivity contribution >= 4 is 0 Å². The van der Waals surface area contributed by atoms with Crippen molar-refractivity contribution in [2.75, 3.05) is 0 Å². The number of phenols is 1. The third kappa shape index (κ3) is 2.09. The Balaban J connectivity index is 2.51. The summed E-state index contributed by atoms with van der Waals surface area (Å²) in [4.78, 5) is 0. The van der Waals surface area contributed by atoms with Crippen molar-refractivity contribution in [3.63, 3.8) is 0 Å². The first-order valence-electron chi connectivity index (χ1n) is 5.15. The fourth-order valence-electron chi connectivity index (χ4n) is 1.49. The van der Waals surface area contributed by atoms with Gasteiger partial charge in [-0.15, -0.1) is 0 Å². The predicted octanol–water partition coefficient (Wildman–Crippen LogP) is 2.93. The van der Waals surface area contributed by atoms with Crippen LogP contribution < -0.4 is 4.74 Å². The topological polar surface area (TPSA) is 77.0 Å². The van der Waals surface area contributed by atoms with Gasteiger partial charge in [-0.1, -0.05) is 18.2 Å². The monoisotopic (exact) mass is 236 g/mol. The highest BCUT2D eigenvalue weighted by atomic mass is 16.5. The maximum absolute atomic E-state index is 9.72. The number of nitriles is 2. The molecule has 0 spiro atoms. The summed E-state index contributed by atoms with van der Waals surface area (Å²) in [5.74, 6) is 0.316. The molecule has 86 valence electrons. The molecule has 0 unspecified atom stereocenters. The van der Waals surface area contributed by atoms with Crippen LogP contribution in [0.2, 0.25) is 0 Å². The van der Waals surface area contributed by atoms with Gasteiger partial charge in [-0.3, -0.25) is 0 Å². The largest absolute Gasteiger partial charge is 0.504 e. The molecule has 0 aliphatic carbocycles. The molecule has 2 rings (SSSR count). The van der Waals surface area contributed by atoms with E-state index in [0.29, 0.717) is 5.75 Å². The first-order valence-corrected chi connectivity index (χ1v) is 5.15. The van der Waals surface area contributed by atoms with E-state index >= 15 is 0 Å². The van der Waals surface area contributed by atoms with Crippen LogP contribution in [0.4, 0.5) is 0 Å². The van der Waals surface area contributed by atoms with E-state index in [4.69, 9.17) is 15.3 Å². The average Bonchev–Trinajstić information content (AvgIpc) is 2.42. The fraction of sp³-hybridized carbons (Fsp3) is 0. The van der Waals surface area contributed by atoms with Gasteiger partial charge in [0.25, 0.3) is 0 Å². The number of ether oxygens (including phenoxy) is 1. The van der Waals surface area contributed by atoms with Gasteiger partial charge in [0.1, 0.15) is 23.5 Å². The molecule has 0 radical (unpaired) electrons. The smallest absolute Gasteiger partial charge is 0.188 e. The first-order chi connectivity index (χ1) is 8.76. The molecule has 0 bridgehead atoms. The molecule has 2 aromatic carbocycles. The molecular weight excluding hydrogens is 228 g/mol. The van der Waals surface area contributed by atoms with Crippen molar-refractivity contribution in [1.29, 1.82) is 10.5 Å². The minimum Gasteiger partial charge on any atom is -0.504 e. The molecule has 0 aliphatic heterocycles. The highest BCUT2D eigenvalue weighted by Gasteiger charge is 2.15. The molecule has 0 heterocycles. The number of phenolic OH excluding ortho intramolecular Hbond substituents is 1. The van der Waals surface area contributed by atoms with Gasteiger partial charge in [-0.25, -0.2) is 0 Å². The van der Waals surface area contributed by atoms with Gasteiger partial charge in [0.2, 0.25) is 0 Å². The zero-order chi connectivity index (χ0) is 13.0. The highest BCUT2D eigenvalue weighted by Crippen LogP contribution is 2.35. The third-order valence-corrected chi connectivity index (χ3v) is 2.33. The van der Waals surface area contributed by atoms with Crippen LogP contribution in [0.1, 0.15) is 11.1 Å². The van der Waals surface area contributed by atoms with Crippen molar-refractivity contribution in [3.05, 3.63) is 53.6 Å². The summed E-state index contributed by atoms with van der Waals surface area (Å²) < 4.78 is 5.45. The van der Waals surface area contributed by atoms with E-state index < -0.39 is 0 Å². The van der Waals surface area contributed by atoms with Crippen molar-refractivity contribution in [1.82, 2.24) is 0 Å². The fourth-order valence-corrected chi connectivity index (χ4v) is 1.49. The SMILES string of the molecule is N#Cc1ccc(O)c(Oc2ccccc2)c1C#N. The molecule has 0 amide bonds. The maximum atomic E-state index is 9.72. The molecule has 0 atom stereocenters. The van der Waals surface area contributed by atoms with E-state index in [9.17, 15) is 5.11 Å². The van der Waals surface area contributed by atoms with Gasteiger partial charge < -0.3 is 9.84 Å². The Morgan fingerprint density at radius 1 is 0.944 bits per heavy atom. The lowest BCUT2D eigenvalue weighted by Gasteiger charge is -2.09. The van der Waals surface area contributed by atoms with Crippen LogP contribution in [-0.2, 0) is 0 Å². The predicted molar refractivity (Wildman–Crippen MR) is 64.1 cm³/mol. The summed E-state index contributed by atoms with van der Waals surface area (Å²) in [7, 11) is 0. The zero-order valence-electron chi connectivity index (χ0n) is 9.29. The molecular formula is C14H8N2O2. The van der Waals surface area contributed by atoms with Gasteiger partial charge in [-0.2, -0.15) is 10.5 Å². The second-order valence-electron chi connectivity index (χ2n) is 3.48. The number of nitrogens with zero attached hydrogens (tertiary/aromatic N) is 2. The van der Waals surface area contributed by atoms with Crippen LogP contribution in [0.5, 0.6) is 17.2 Å². The number of benzene rings is 2. The van der Waals surface area contributed by atoms with Crippen LogP contribution in [0, 0.1) is 22.7 Å². The number of hydrogen-bond acceptors (Lipinski definition) is 4. The van der Waals surface area contributed by atoms with Gasteiger partial charge in [-0.05, 0) is 24.3 Å². The summed E-state index contributed by atoms with van der Waals surface area (Å²) in [6.07, 6.45) is 0. The van der Waals surface area contributed by atoms with Crippen LogP contribution in [0.3, 0.4) is 0 Å². The van der Waals surface area contributed by atoms with Gasteiger partial charge in [0.05, 0.1) is 5.56 Å². The number of rotatable bonds is 2. The van der Waals surface area contributed by atoms with E-state index in [2.05, 4.69) is 0 Å². The molecule has 18 heavy (non-hydrogen) atoms. The van der Waals surface area contributed by atoms with E-state index in [1.165, 1.54) is 12.1 Å². The standard InChI is InChI=1S/C14H8N2O2/c15-8-10-6-7-13(17)14(12(10)9-16)18-11-4-2-1-3-5-11/h1-7,17H. The second kappa shape index (κ2) is 4.90. The molecule has 0 saturated heterocycles. The summed E-state index contributed by atoms with van der Waals surface area (Å²) in [5, 5.41) is 27.7. The van der Waals surface area contributed by atoms with Crippen LogP contribution >= 0.6 is 0 Å². The molecule has 0 aliphatic rings. The molecule has 1 N–H and O–H groups in total. The molecule has 2 aromatic rings. The van der Waals surface area contributed by atoms with Crippen molar-refractivity contribution in [2.45, 2.75) is 0 Å². The molecule has 4 nitrogen and oxygen atoms in total. The lowest BCUT2D eigenvalue weighted by molar-refractivity contribution is 0.410. The Morgan fingerprint density at radius 2 is 1.67 bits per heavy atom. The van der Waals surface area contributed by atoms with E-state index in [0.717, 1.165) is 0 Å². The zero-order valence-corrected chi connectivity index (χ0v) is 9.29. The summed E-state index contributed by atoms with van der Waals surface area (Å²) in [6.45, 7) is 0. The molecule has 0 saturated carbocycles. The molecule has 0 fully saturated rings. The normalized spacial score (nSPS) is 9.22. The van der Waals surface area contributed by atoms with Gasteiger partial charge in [0.15, 0.2) is 11.5 Å². The van der Waals surface area contributed by atoms with Gasteiger partial charge in [0, 0.05) is 0 Å². The highest BCUT2D eigenvalue weighted by molar-refractivity contribution is 5.60. The first kappa shape index (κ1) is 11.5. The Labute approximate surface area is 104 Å². The lowest BCUT2D eigenvalue weighted by Crippen LogP contribution is -1.92. The molecule has 0 aromatic heterocycles. The van der Waals surface area contributed by atoms with Crippen molar-refractivity contribution < 1.29 is 9.84 Å². The van der Waals surface area contributed by atoms with Crippen molar-refractivity contribution in [2.24, 2.45) is 0 Å². The summed E-state index contributed by atoms with van der Waals surface area (Å²) >= 11 is 0. The van der Waals surface area contributed by atoms with E-state index in [1.807, 2.05) is 18.2 Å². The van der Waals surface area contributed by atoms with E-state index in [1.54, 1.807) is 24.3 Å². The maximum Gasteiger partial charge on any atom is 0.188 e. The number of para-hydroxylation sites is 1. The van der Waals surface area contributed by atoms with Crippen LogP contribution in [0.15, 0.2) is 42.5 Å². The third-order valence-electron chi connectivity index (χ3n) is 2.33. The molecule has 4 heteroatoms. The van der Waals surface area contributed by atoms with Crippen LogP contribution in [-0.4, -0.2) is 5.11 Å². The van der Waals surface area contributed by atoms with E-state index in [-0.39, 0.29) is 22.6 Å². The summed E-state index contributed by atoms with van der Waals surface area (Å²) in [5.41, 5.74) is 0.197. The quantitative estimate of drug-likeness (QED) is 0.869.